The number of likely N-dealkylation sites (N-methyl/N-ethyl adjacent to an activating group) is 1. The summed E-state index contributed by atoms with van der Waals surface area (Å²) >= 11 is 0. The van der Waals surface area contributed by atoms with E-state index >= 15 is 0 Å². The molecule has 1 aromatic rings. The van der Waals surface area contributed by atoms with E-state index < -0.39 is 0 Å². The molecule has 0 saturated carbocycles. The minimum atomic E-state index is 0.122. The van der Waals surface area contributed by atoms with Crippen molar-refractivity contribution in [2.45, 2.75) is 33.6 Å². The van der Waals surface area contributed by atoms with Crippen LogP contribution in [0.15, 0.2) is 6.07 Å². The van der Waals surface area contributed by atoms with E-state index in [0.29, 0.717) is 6.54 Å². The zero-order valence-electron chi connectivity index (χ0n) is 12.5. The van der Waals surface area contributed by atoms with Gasteiger partial charge in [-0.2, -0.15) is 0 Å². The highest BCUT2D eigenvalue weighted by Crippen LogP contribution is 2.14. The van der Waals surface area contributed by atoms with Crippen molar-refractivity contribution in [3.05, 3.63) is 11.9 Å². The quantitative estimate of drug-likeness (QED) is 0.705. The number of hydrogen-bond acceptors (Lipinski definition) is 5. The van der Waals surface area contributed by atoms with Crippen LogP contribution in [0.4, 0.5) is 11.6 Å². The Morgan fingerprint density at radius 3 is 2.74 bits per heavy atom. The third-order valence-electron chi connectivity index (χ3n) is 2.92. The number of aliphatic hydroxyl groups is 1. The molecule has 0 saturated heterocycles. The highest BCUT2D eigenvalue weighted by atomic mass is 16.3. The standard InChI is InChI=1S/C14H26N4O/c1-11(2)6-5-7-15-13-10-14(17-12(3)16-13)18(4)8-9-19/h10-11,19H,5-9H2,1-4H3,(H,15,16,17). The van der Waals surface area contributed by atoms with E-state index in [2.05, 4.69) is 29.1 Å². The predicted molar refractivity (Wildman–Crippen MR) is 79.7 cm³/mol. The Labute approximate surface area is 116 Å². The van der Waals surface area contributed by atoms with Crippen LogP contribution in [-0.4, -0.2) is 41.8 Å². The van der Waals surface area contributed by atoms with Gasteiger partial charge in [0.25, 0.3) is 0 Å². The van der Waals surface area contributed by atoms with Crippen molar-refractivity contribution in [1.82, 2.24) is 9.97 Å². The number of aryl methyl sites for hydroxylation is 1. The molecular formula is C14H26N4O. The van der Waals surface area contributed by atoms with Crippen molar-refractivity contribution < 1.29 is 5.11 Å². The largest absolute Gasteiger partial charge is 0.395 e. The van der Waals surface area contributed by atoms with E-state index in [0.717, 1.165) is 36.3 Å². The molecule has 0 aliphatic rings. The van der Waals surface area contributed by atoms with Crippen molar-refractivity contribution in [2.75, 3.05) is 37.0 Å². The van der Waals surface area contributed by atoms with E-state index in [9.17, 15) is 0 Å². The minimum Gasteiger partial charge on any atom is -0.395 e. The van der Waals surface area contributed by atoms with Gasteiger partial charge >= 0.3 is 0 Å². The van der Waals surface area contributed by atoms with Gasteiger partial charge in [0.1, 0.15) is 17.5 Å². The van der Waals surface area contributed by atoms with Gasteiger partial charge in [-0.3, -0.25) is 0 Å². The molecule has 0 unspecified atom stereocenters. The third-order valence-corrected chi connectivity index (χ3v) is 2.92. The Hall–Kier alpha value is -1.36. The Morgan fingerprint density at radius 2 is 2.11 bits per heavy atom. The van der Waals surface area contributed by atoms with E-state index in [4.69, 9.17) is 5.11 Å². The van der Waals surface area contributed by atoms with Crippen LogP contribution in [0, 0.1) is 12.8 Å². The minimum absolute atomic E-state index is 0.122. The maximum Gasteiger partial charge on any atom is 0.134 e. The molecule has 108 valence electrons. The second-order valence-electron chi connectivity index (χ2n) is 5.27. The lowest BCUT2D eigenvalue weighted by molar-refractivity contribution is 0.304. The van der Waals surface area contributed by atoms with Gasteiger partial charge in [-0.05, 0) is 25.7 Å². The summed E-state index contributed by atoms with van der Waals surface area (Å²) in [6.07, 6.45) is 2.36. The number of hydrogen-bond donors (Lipinski definition) is 2. The Bertz CT molecular complexity index is 382. The highest BCUT2D eigenvalue weighted by molar-refractivity contribution is 5.48. The van der Waals surface area contributed by atoms with Crippen LogP contribution in [0.5, 0.6) is 0 Å². The summed E-state index contributed by atoms with van der Waals surface area (Å²) in [5.41, 5.74) is 0. The molecule has 0 bridgehead atoms. The van der Waals surface area contributed by atoms with Gasteiger partial charge in [0.05, 0.1) is 6.61 Å². The van der Waals surface area contributed by atoms with Crippen molar-refractivity contribution >= 4 is 11.6 Å². The van der Waals surface area contributed by atoms with Gasteiger partial charge in [-0.15, -0.1) is 0 Å². The van der Waals surface area contributed by atoms with Gasteiger partial charge in [0.2, 0.25) is 0 Å². The number of nitrogens with zero attached hydrogens (tertiary/aromatic N) is 3. The second kappa shape index (κ2) is 7.94. The fourth-order valence-electron chi connectivity index (χ4n) is 1.83. The third kappa shape index (κ3) is 5.87. The molecule has 0 atom stereocenters. The monoisotopic (exact) mass is 266 g/mol. The molecule has 1 rings (SSSR count). The molecule has 0 aliphatic heterocycles. The van der Waals surface area contributed by atoms with Crippen LogP contribution in [0.2, 0.25) is 0 Å². The lowest BCUT2D eigenvalue weighted by atomic mass is 10.1. The van der Waals surface area contributed by atoms with Crippen LogP contribution in [0.25, 0.3) is 0 Å². The number of aromatic nitrogens is 2. The molecule has 0 fully saturated rings. The number of anilines is 2. The van der Waals surface area contributed by atoms with Gasteiger partial charge in [-0.1, -0.05) is 13.8 Å². The molecule has 0 radical (unpaired) electrons. The molecule has 2 N–H and O–H groups in total. The Kier molecular flexibility index (Phi) is 6.56. The Balaban J connectivity index is 2.58. The molecule has 0 aliphatic carbocycles. The predicted octanol–water partition coefficient (Wildman–Crippen LogP) is 2.06. The topological polar surface area (TPSA) is 61.3 Å². The van der Waals surface area contributed by atoms with Crippen molar-refractivity contribution in [3.63, 3.8) is 0 Å². The maximum absolute atomic E-state index is 8.96. The molecule has 5 heteroatoms. The molecule has 19 heavy (non-hydrogen) atoms. The van der Waals surface area contributed by atoms with Crippen molar-refractivity contribution in [3.8, 4) is 0 Å². The summed E-state index contributed by atoms with van der Waals surface area (Å²) in [7, 11) is 1.92. The first kappa shape index (κ1) is 15.7. The Morgan fingerprint density at radius 1 is 1.37 bits per heavy atom. The average Bonchev–Trinajstić information content (AvgIpc) is 2.34. The summed E-state index contributed by atoms with van der Waals surface area (Å²) in [4.78, 5) is 10.7. The number of aliphatic hydroxyl groups excluding tert-OH is 1. The van der Waals surface area contributed by atoms with Crippen molar-refractivity contribution in [1.29, 1.82) is 0 Å². The zero-order valence-corrected chi connectivity index (χ0v) is 12.5. The average molecular weight is 266 g/mol. The molecular weight excluding hydrogens is 240 g/mol. The van der Waals surface area contributed by atoms with E-state index in [1.165, 1.54) is 6.42 Å². The van der Waals surface area contributed by atoms with E-state index in [-0.39, 0.29) is 6.61 Å². The molecule has 0 aromatic carbocycles. The SMILES string of the molecule is Cc1nc(NCCCC(C)C)cc(N(C)CCO)n1. The van der Waals surface area contributed by atoms with Gasteiger partial charge in [-0.25, -0.2) is 9.97 Å². The first-order valence-corrected chi connectivity index (χ1v) is 6.94. The normalized spacial score (nSPS) is 10.8. The molecule has 0 spiro atoms. The second-order valence-corrected chi connectivity index (χ2v) is 5.27. The van der Waals surface area contributed by atoms with E-state index in [1.54, 1.807) is 0 Å². The van der Waals surface area contributed by atoms with Crippen LogP contribution in [0.3, 0.4) is 0 Å². The fourth-order valence-corrected chi connectivity index (χ4v) is 1.83. The summed E-state index contributed by atoms with van der Waals surface area (Å²) in [5, 5.41) is 12.3. The van der Waals surface area contributed by atoms with Gasteiger partial charge < -0.3 is 15.3 Å². The lowest BCUT2D eigenvalue weighted by Gasteiger charge is -2.18. The maximum atomic E-state index is 8.96. The molecule has 0 amide bonds. The van der Waals surface area contributed by atoms with Crippen LogP contribution in [0.1, 0.15) is 32.5 Å². The smallest absolute Gasteiger partial charge is 0.134 e. The zero-order chi connectivity index (χ0) is 14.3. The molecule has 1 heterocycles. The van der Waals surface area contributed by atoms with Crippen LogP contribution >= 0.6 is 0 Å². The first-order valence-electron chi connectivity index (χ1n) is 6.94. The highest BCUT2D eigenvalue weighted by Gasteiger charge is 2.06. The summed E-state index contributed by atoms with van der Waals surface area (Å²) in [6, 6.07) is 1.93. The number of nitrogens with one attached hydrogen (secondary N) is 1. The molecule has 1 aromatic heterocycles. The summed E-state index contributed by atoms with van der Waals surface area (Å²) < 4.78 is 0. The fraction of sp³-hybridized carbons (Fsp3) is 0.714. The van der Waals surface area contributed by atoms with Crippen molar-refractivity contribution in [2.24, 2.45) is 5.92 Å². The lowest BCUT2D eigenvalue weighted by Crippen LogP contribution is -2.23. The first-order chi connectivity index (χ1) is 9.02. The molecule has 5 nitrogen and oxygen atoms in total. The summed E-state index contributed by atoms with van der Waals surface area (Å²) in [5.74, 6) is 3.18. The van der Waals surface area contributed by atoms with E-state index in [1.807, 2.05) is 24.9 Å². The number of rotatable bonds is 8. The van der Waals surface area contributed by atoms with Gasteiger partial charge in [0.15, 0.2) is 0 Å². The summed E-state index contributed by atoms with van der Waals surface area (Å²) in [6.45, 7) is 7.97. The van der Waals surface area contributed by atoms with Crippen LogP contribution < -0.4 is 10.2 Å². The van der Waals surface area contributed by atoms with Gasteiger partial charge in [0, 0.05) is 26.2 Å². The van der Waals surface area contributed by atoms with Crippen LogP contribution in [-0.2, 0) is 0 Å².